The van der Waals surface area contributed by atoms with E-state index in [4.69, 9.17) is 0 Å². The Morgan fingerprint density at radius 1 is 1.12 bits per heavy atom. The number of fused-ring (bicyclic) bond motifs is 1. The second-order valence-electron chi connectivity index (χ2n) is 13.1. The maximum Gasteiger partial charge on any atom is 0.247 e. The number of likely N-dealkylation sites (tertiary alicyclic amines) is 1. The first-order chi connectivity index (χ1) is 19.1. The number of carbonyl (C=O) groups excluding carboxylic acids is 3. The van der Waals surface area contributed by atoms with Crippen molar-refractivity contribution in [1.29, 1.82) is 0 Å². The molecule has 2 bridgehead atoms. The lowest BCUT2D eigenvalue weighted by Gasteiger charge is -2.43. The molecular weight excluding hydrogens is 522 g/mol. The van der Waals surface area contributed by atoms with E-state index in [1.807, 2.05) is 9.80 Å². The van der Waals surface area contributed by atoms with Crippen molar-refractivity contribution < 1.29 is 19.5 Å². The summed E-state index contributed by atoms with van der Waals surface area (Å²) in [6, 6.07) is -1.01. The number of amides is 3. The number of hydrogen-bond donors (Lipinski definition) is 1. The molecule has 40 heavy (non-hydrogen) atoms. The molecule has 4 aliphatic rings. The molecule has 0 aromatic heterocycles. The summed E-state index contributed by atoms with van der Waals surface area (Å²) < 4.78 is -1.08. The molecule has 1 N–H and O–H groups in total. The van der Waals surface area contributed by atoms with Gasteiger partial charge in [-0.3, -0.25) is 14.4 Å². The van der Waals surface area contributed by atoms with Crippen LogP contribution in [0.15, 0.2) is 25.3 Å². The molecule has 6 atom stereocenters. The number of rotatable bonds is 13. The summed E-state index contributed by atoms with van der Waals surface area (Å²) in [6.45, 7) is 17.5. The van der Waals surface area contributed by atoms with Crippen LogP contribution in [0.3, 0.4) is 0 Å². The van der Waals surface area contributed by atoms with Gasteiger partial charge in [0.1, 0.15) is 6.04 Å². The molecule has 3 heterocycles. The predicted molar refractivity (Wildman–Crippen MR) is 162 cm³/mol. The molecule has 0 radical (unpaired) electrons. The van der Waals surface area contributed by atoms with Gasteiger partial charge in [0, 0.05) is 30.4 Å². The number of aliphatic hydroxyl groups excluding tert-OH is 1. The molecule has 224 valence electrons. The van der Waals surface area contributed by atoms with Crippen LogP contribution in [-0.4, -0.2) is 91.4 Å². The highest BCUT2D eigenvalue weighted by molar-refractivity contribution is 8.02. The lowest BCUT2D eigenvalue weighted by atomic mass is 9.66. The molecule has 3 amide bonds. The van der Waals surface area contributed by atoms with E-state index >= 15 is 0 Å². The van der Waals surface area contributed by atoms with Crippen molar-refractivity contribution in [3.8, 4) is 0 Å². The quantitative estimate of drug-likeness (QED) is 0.325. The van der Waals surface area contributed by atoms with Gasteiger partial charge in [-0.1, -0.05) is 52.2 Å². The van der Waals surface area contributed by atoms with Gasteiger partial charge in [-0.25, -0.2) is 0 Å². The van der Waals surface area contributed by atoms with E-state index in [0.717, 1.165) is 44.9 Å². The maximum absolute atomic E-state index is 14.8. The molecule has 8 heteroatoms. The van der Waals surface area contributed by atoms with Crippen molar-refractivity contribution >= 4 is 29.5 Å². The lowest BCUT2D eigenvalue weighted by molar-refractivity contribution is -0.148. The van der Waals surface area contributed by atoms with Gasteiger partial charge in [-0.2, -0.15) is 0 Å². The Balaban J connectivity index is 1.81. The van der Waals surface area contributed by atoms with Crippen molar-refractivity contribution in [3.63, 3.8) is 0 Å². The lowest BCUT2D eigenvalue weighted by Crippen LogP contribution is -2.59. The Kier molecular flexibility index (Phi) is 9.81. The highest BCUT2D eigenvalue weighted by atomic mass is 32.2. The smallest absolute Gasteiger partial charge is 0.247 e. The second kappa shape index (κ2) is 12.6. The van der Waals surface area contributed by atoms with Crippen molar-refractivity contribution in [3.05, 3.63) is 25.3 Å². The third kappa shape index (κ3) is 5.28. The normalized spacial score (nSPS) is 32.3. The van der Waals surface area contributed by atoms with Gasteiger partial charge < -0.3 is 19.8 Å². The second-order valence-corrected chi connectivity index (χ2v) is 15.0. The average molecular weight is 574 g/mol. The standard InChI is InChI=1S/C32H51N3O4S/c1-7-17-33(18-8-2)28(37)25-26-29(38)35(24(21-36)20-22(4)5)27(32(26)16-15-31(25,6)40-32)30(39)34(19-9-3)23-13-11-10-12-14-23/h7,9,22-27,36H,1,3,8,10-21H2,2,4-6H3/t24-,25+,26+,27?,31-,32?/m1/s1. The summed E-state index contributed by atoms with van der Waals surface area (Å²) >= 11 is 1.72. The number of aliphatic hydroxyl groups is 1. The van der Waals surface area contributed by atoms with E-state index in [0.29, 0.717) is 26.1 Å². The molecule has 3 saturated heterocycles. The summed E-state index contributed by atoms with van der Waals surface area (Å²) in [5.41, 5.74) is 0. The van der Waals surface area contributed by atoms with E-state index in [-0.39, 0.29) is 36.3 Å². The number of carbonyl (C=O) groups is 3. The first kappa shape index (κ1) is 31.1. The van der Waals surface area contributed by atoms with Crippen molar-refractivity contribution in [2.24, 2.45) is 17.8 Å². The highest BCUT2D eigenvalue weighted by Crippen LogP contribution is 2.72. The monoisotopic (exact) mass is 573 g/mol. The van der Waals surface area contributed by atoms with Crippen LogP contribution >= 0.6 is 11.8 Å². The summed E-state index contributed by atoms with van der Waals surface area (Å²) in [6.07, 6.45) is 11.8. The maximum atomic E-state index is 14.8. The topological polar surface area (TPSA) is 81.2 Å². The molecule has 1 saturated carbocycles. The van der Waals surface area contributed by atoms with Crippen LogP contribution in [0, 0.1) is 17.8 Å². The number of hydrogen-bond acceptors (Lipinski definition) is 5. The zero-order valence-electron chi connectivity index (χ0n) is 25.1. The van der Waals surface area contributed by atoms with E-state index in [1.165, 1.54) is 6.42 Å². The summed E-state index contributed by atoms with van der Waals surface area (Å²) in [5, 5.41) is 10.6. The molecule has 4 fully saturated rings. The minimum absolute atomic E-state index is 0.00404. The molecule has 1 spiro atoms. The van der Waals surface area contributed by atoms with Crippen LogP contribution in [-0.2, 0) is 14.4 Å². The van der Waals surface area contributed by atoms with Crippen LogP contribution < -0.4 is 0 Å². The van der Waals surface area contributed by atoms with Crippen LogP contribution in [0.4, 0.5) is 0 Å². The Bertz CT molecular complexity index is 981. The highest BCUT2D eigenvalue weighted by Gasteiger charge is 2.78. The predicted octanol–water partition coefficient (Wildman–Crippen LogP) is 4.65. The fourth-order valence-electron chi connectivity index (χ4n) is 8.25. The van der Waals surface area contributed by atoms with Gasteiger partial charge in [0.2, 0.25) is 17.7 Å². The number of nitrogens with zero attached hydrogens (tertiary/aromatic N) is 3. The Hall–Kier alpha value is -1.80. The average Bonchev–Trinajstić information content (AvgIpc) is 3.50. The third-order valence-corrected chi connectivity index (χ3v) is 11.8. The van der Waals surface area contributed by atoms with Gasteiger partial charge in [-0.15, -0.1) is 24.9 Å². The Labute approximate surface area is 245 Å². The van der Waals surface area contributed by atoms with E-state index in [2.05, 4.69) is 40.9 Å². The summed E-state index contributed by atoms with van der Waals surface area (Å²) in [7, 11) is 0. The zero-order chi connectivity index (χ0) is 29.2. The van der Waals surface area contributed by atoms with E-state index < -0.39 is 33.4 Å². The number of thioether (sulfide) groups is 1. The zero-order valence-corrected chi connectivity index (χ0v) is 26.0. The molecule has 1 aliphatic carbocycles. The molecule has 7 nitrogen and oxygen atoms in total. The third-order valence-electron chi connectivity index (χ3n) is 9.84. The van der Waals surface area contributed by atoms with Crippen molar-refractivity contribution in [2.75, 3.05) is 26.2 Å². The molecule has 0 aromatic carbocycles. The van der Waals surface area contributed by atoms with E-state index in [9.17, 15) is 19.5 Å². The van der Waals surface area contributed by atoms with Gasteiger partial charge in [0.15, 0.2) is 0 Å². The van der Waals surface area contributed by atoms with Crippen LogP contribution in [0.5, 0.6) is 0 Å². The van der Waals surface area contributed by atoms with Gasteiger partial charge in [0.05, 0.1) is 29.2 Å². The molecular formula is C32H51N3O4S. The van der Waals surface area contributed by atoms with Gasteiger partial charge in [-0.05, 0) is 51.4 Å². The fourth-order valence-corrected chi connectivity index (χ4v) is 10.6. The molecule has 4 rings (SSSR count). The SMILES string of the molecule is C=CCN(CCC)C(=O)[C@@H]1[C@H]2C(=O)N([C@@H](CO)CC(C)C)C(C(=O)N(CC=C)C3CCCCC3)C23CC[C@@]1(C)S3. The first-order valence-corrected chi connectivity index (χ1v) is 16.4. The fraction of sp³-hybridized carbons (Fsp3) is 0.781. The molecule has 2 unspecified atom stereocenters. The first-order valence-electron chi connectivity index (χ1n) is 15.5. The molecule has 3 aliphatic heterocycles. The molecule has 0 aromatic rings. The van der Waals surface area contributed by atoms with Crippen LogP contribution in [0.2, 0.25) is 0 Å². The van der Waals surface area contributed by atoms with Gasteiger partial charge >= 0.3 is 0 Å². The van der Waals surface area contributed by atoms with Crippen molar-refractivity contribution in [1.82, 2.24) is 14.7 Å². The van der Waals surface area contributed by atoms with Gasteiger partial charge in [0.25, 0.3) is 0 Å². The Morgan fingerprint density at radius 2 is 1.80 bits per heavy atom. The Morgan fingerprint density at radius 3 is 2.38 bits per heavy atom. The summed E-state index contributed by atoms with van der Waals surface area (Å²) in [5.74, 6) is -0.959. The summed E-state index contributed by atoms with van der Waals surface area (Å²) in [4.78, 5) is 49.3. The minimum atomic E-state index is -0.688. The van der Waals surface area contributed by atoms with Crippen LogP contribution in [0.25, 0.3) is 0 Å². The minimum Gasteiger partial charge on any atom is -0.394 e. The van der Waals surface area contributed by atoms with Crippen molar-refractivity contribution in [2.45, 2.75) is 113 Å². The van der Waals surface area contributed by atoms with E-state index in [1.54, 1.807) is 28.8 Å². The van der Waals surface area contributed by atoms with Crippen LogP contribution in [0.1, 0.15) is 85.5 Å². The largest absolute Gasteiger partial charge is 0.394 e.